The van der Waals surface area contributed by atoms with E-state index < -0.39 is 33.6 Å². The highest BCUT2D eigenvalue weighted by atomic mass is 32.2. The van der Waals surface area contributed by atoms with Crippen molar-refractivity contribution in [2.24, 2.45) is 0 Å². The highest BCUT2D eigenvalue weighted by Gasteiger charge is 2.30. The van der Waals surface area contributed by atoms with Gasteiger partial charge in [-0.15, -0.1) is 0 Å². The van der Waals surface area contributed by atoms with Crippen molar-refractivity contribution >= 4 is 21.6 Å². The van der Waals surface area contributed by atoms with Crippen molar-refractivity contribution in [1.82, 2.24) is 9.21 Å². The molecule has 0 saturated carbocycles. The van der Waals surface area contributed by atoms with E-state index in [9.17, 15) is 22.0 Å². The van der Waals surface area contributed by atoms with Crippen LogP contribution in [-0.4, -0.2) is 61.5 Å². The molecule has 9 heteroatoms. The molecule has 152 valence electrons. The average molecular weight is 403 g/mol. The number of hydrogen-bond donors (Lipinski definition) is 1. The van der Waals surface area contributed by atoms with E-state index in [1.165, 1.54) is 4.31 Å². The molecule has 1 amide bonds. The molecule has 2 rings (SSSR count). The lowest BCUT2D eigenvalue weighted by molar-refractivity contribution is -0.121. The van der Waals surface area contributed by atoms with Crippen LogP contribution in [0.2, 0.25) is 0 Å². The lowest BCUT2D eigenvalue weighted by Gasteiger charge is -2.36. The fraction of sp³-hybridized carbons (Fsp3) is 0.611. The number of hydrogen-bond acceptors (Lipinski definition) is 4. The van der Waals surface area contributed by atoms with E-state index in [1.54, 1.807) is 6.92 Å². The van der Waals surface area contributed by atoms with Gasteiger partial charge in [-0.3, -0.25) is 9.69 Å². The fourth-order valence-electron chi connectivity index (χ4n) is 3.03. The van der Waals surface area contributed by atoms with E-state index in [0.717, 1.165) is 31.0 Å². The van der Waals surface area contributed by atoms with Gasteiger partial charge >= 0.3 is 0 Å². The van der Waals surface area contributed by atoms with Crippen LogP contribution in [0.25, 0.3) is 0 Å². The van der Waals surface area contributed by atoms with Crippen molar-refractivity contribution in [3.05, 3.63) is 29.8 Å². The monoisotopic (exact) mass is 403 g/mol. The van der Waals surface area contributed by atoms with Crippen molar-refractivity contribution < 1.29 is 22.0 Å². The number of sulfonamides is 1. The third-order valence-corrected chi connectivity index (χ3v) is 6.74. The molecule has 1 atom stereocenters. The number of carbonyl (C=O) groups excluding carboxylic acids is 1. The molecule has 1 heterocycles. The highest BCUT2D eigenvalue weighted by molar-refractivity contribution is 7.89. The Morgan fingerprint density at radius 1 is 1.19 bits per heavy atom. The summed E-state index contributed by atoms with van der Waals surface area (Å²) in [4.78, 5) is 14.2. The standard InChI is InChI=1S/C18H27F2N3O3S/c1-3-4-5-12-27(25,26)23-10-8-22(9-11-23)14(2)18(24)21-17-13-15(19)6-7-16(17)20/h6-7,13-14H,3-5,8-12H2,1-2H3,(H,21,24). The summed E-state index contributed by atoms with van der Waals surface area (Å²) in [5.41, 5.74) is -0.205. The number of anilines is 1. The predicted octanol–water partition coefficient (Wildman–Crippen LogP) is 2.43. The van der Waals surface area contributed by atoms with Crippen LogP contribution in [0.1, 0.15) is 33.1 Å². The van der Waals surface area contributed by atoms with Gasteiger partial charge in [-0.25, -0.2) is 17.2 Å². The summed E-state index contributed by atoms with van der Waals surface area (Å²) >= 11 is 0. The number of rotatable bonds is 8. The molecule has 1 aliphatic rings. The van der Waals surface area contributed by atoms with E-state index in [4.69, 9.17) is 0 Å². The molecule has 0 spiro atoms. The normalized spacial score (nSPS) is 17.6. The zero-order valence-corrected chi connectivity index (χ0v) is 16.6. The number of amides is 1. The number of nitrogens with zero attached hydrogens (tertiary/aromatic N) is 2. The molecule has 6 nitrogen and oxygen atoms in total. The third-order valence-electron chi connectivity index (χ3n) is 4.79. The Morgan fingerprint density at radius 2 is 1.85 bits per heavy atom. The second kappa shape index (κ2) is 9.57. The minimum Gasteiger partial charge on any atom is -0.322 e. The zero-order chi connectivity index (χ0) is 20.0. The van der Waals surface area contributed by atoms with Crippen molar-refractivity contribution in [3.63, 3.8) is 0 Å². The van der Waals surface area contributed by atoms with Crippen LogP contribution in [0.3, 0.4) is 0 Å². The highest BCUT2D eigenvalue weighted by Crippen LogP contribution is 2.17. The summed E-state index contributed by atoms with van der Waals surface area (Å²) in [5.74, 6) is -1.66. The summed E-state index contributed by atoms with van der Waals surface area (Å²) in [6.45, 7) is 5.15. The first-order chi connectivity index (χ1) is 12.7. The second-order valence-electron chi connectivity index (χ2n) is 6.75. The molecule has 0 aromatic heterocycles. The summed E-state index contributed by atoms with van der Waals surface area (Å²) < 4.78 is 53.0. The largest absolute Gasteiger partial charge is 0.322 e. The van der Waals surface area contributed by atoms with Gasteiger partial charge in [0.2, 0.25) is 15.9 Å². The number of nitrogens with one attached hydrogen (secondary N) is 1. The Labute approximate surface area is 159 Å². The zero-order valence-electron chi connectivity index (χ0n) is 15.7. The van der Waals surface area contributed by atoms with Gasteiger partial charge in [0.25, 0.3) is 0 Å². The van der Waals surface area contributed by atoms with Gasteiger partial charge < -0.3 is 5.32 Å². The summed E-state index contributed by atoms with van der Waals surface area (Å²) in [6, 6.07) is 2.28. The number of unbranched alkanes of at least 4 members (excludes halogenated alkanes) is 2. The van der Waals surface area contributed by atoms with Crippen LogP contribution in [0, 0.1) is 11.6 Å². The van der Waals surface area contributed by atoms with Gasteiger partial charge in [0.1, 0.15) is 11.6 Å². The molecule has 1 unspecified atom stereocenters. The minimum atomic E-state index is -3.27. The maximum atomic E-state index is 13.7. The molecule has 1 fully saturated rings. The van der Waals surface area contributed by atoms with Crippen LogP contribution in [0.15, 0.2) is 18.2 Å². The molecular weight excluding hydrogens is 376 g/mol. The predicted molar refractivity (Wildman–Crippen MR) is 101 cm³/mol. The van der Waals surface area contributed by atoms with Gasteiger partial charge in [0.15, 0.2) is 0 Å². The van der Waals surface area contributed by atoms with Crippen LogP contribution < -0.4 is 5.32 Å². The number of piperazine rings is 1. The van der Waals surface area contributed by atoms with Crippen LogP contribution in [-0.2, 0) is 14.8 Å². The van der Waals surface area contributed by atoms with Crippen LogP contribution >= 0.6 is 0 Å². The first-order valence-electron chi connectivity index (χ1n) is 9.22. The Balaban J connectivity index is 1.89. The molecule has 1 saturated heterocycles. The first-order valence-corrected chi connectivity index (χ1v) is 10.8. The Kier molecular flexibility index (Phi) is 7.69. The molecule has 0 radical (unpaired) electrons. The molecule has 27 heavy (non-hydrogen) atoms. The van der Waals surface area contributed by atoms with E-state index >= 15 is 0 Å². The molecule has 1 aromatic carbocycles. The van der Waals surface area contributed by atoms with Crippen LogP contribution in [0.5, 0.6) is 0 Å². The maximum absolute atomic E-state index is 13.7. The lowest BCUT2D eigenvalue weighted by Crippen LogP contribution is -2.54. The molecule has 0 bridgehead atoms. The van der Waals surface area contributed by atoms with E-state index in [2.05, 4.69) is 5.32 Å². The molecule has 1 N–H and O–H groups in total. The Bertz CT molecular complexity index is 750. The first kappa shape index (κ1) is 21.7. The van der Waals surface area contributed by atoms with Crippen molar-refractivity contribution in [2.75, 3.05) is 37.2 Å². The van der Waals surface area contributed by atoms with Crippen molar-refractivity contribution in [2.45, 2.75) is 39.2 Å². The van der Waals surface area contributed by atoms with Crippen LogP contribution in [0.4, 0.5) is 14.5 Å². The third kappa shape index (κ3) is 5.95. The van der Waals surface area contributed by atoms with E-state index in [1.807, 2.05) is 11.8 Å². The van der Waals surface area contributed by atoms with Crippen molar-refractivity contribution in [1.29, 1.82) is 0 Å². The topological polar surface area (TPSA) is 69.7 Å². The molecule has 1 aliphatic heterocycles. The Morgan fingerprint density at radius 3 is 2.48 bits per heavy atom. The van der Waals surface area contributed by atoms with E-state index in [0.29, 0.717) is 32.6 Å². The number of benzene rings is 1. The van der Waals surface area contributed by atoms with E-state index in [-0.39, 0.29) is 11.4 Å². The van der Waals surface area contributed by atoms with Gasteiger partial charge in [-0.05, 0) is 25.5 Å². The summed E-state index contributed by atoms with van der Waals surface area (Å²) in [7, 11) is -3.27. The fourth-order valence-corrected chi connectivity index (χ4v) is 4.58. The van der Waals surface area contributed by atoms with Gasteiger partial charge in [-0.1, -0.05) is 19.8 Å². The summed E-state index contributed by atoms with van der Waals surface area (Å²) in [6.07, 6.45) is 2.49. The number of carbonyl (C=O) groups is 1. The lowest BCUT2D eigenvalue weighted by atomic mass is 10.2. The average Bonchev–Trinajstić information content (AvgIpc) is 2.64. The van der Waals surface area contributed by atoms with Gasteiger partial charge in [0, 0.05) is 32.2 Å². The quantitative estimate of drug-likeness (QED) is 0.677. The Hall–Kier alpha value is -1.58. The van der Waals surface area contributed by atoms with Gasteiger partial charge in [0.05, 0.1) is 17.5 Å². The minimum absolute atomic E-state index is 0.149. The SMILES string of the molecule is CCCCCS(=O)(=O)N1CCN(C(C)C(=O)Nc2cc(F)ccc2F)CC1. The van der Waals surface area contributed by atoms with Crippen molar-refractivity contribution in [3.8, 4) is 0 Å². The summed E-state index contributed by atoms with van der Waals surface area (Å²) in [5, 5.41) is 2.40. The molecular formula is C18H27F2N3O3S. The smallest absolute Gasteiger partial charge is 0.241 e. The second-order valence-corrected chi connectivity index (χ2v) is 8.84. The molecule has 1 aromatic rings. The van der Waals surface area contributed by atoms with Gasteiger partial charge in [-0.2, -0.15) is 4.31 Å². The molecule has 0 aliphatic carbocycles. The number of halogens is 2. The maximum Gasteiger partial charge on any atom is 0.241 e.